The molecular formula is C13H17Cl2N5O2. The van der Waals surface area contributed by atoms with Gasteiger partial charge in [-0.1, -0.05) is 23.2 Å². The summed E-state index contributed by atoms with van der Waals surface area (Å²) in [6.45, 7) is 0.621. The fourth-order valence-corrected chi connectivity index (χ4v) is 2.78. The Balaban J connectivity index is 2.17. The molecular weight excluding hydrogens is 329 g/mol. The predicted molar refractivity (Wildman–Crippen MR) is 84.8 cm³/mol. The quantitative estimate of drug-likeness (QED) is 0.831. The highest BCUT2D eigenvalue weighted by Crippen LogP contribution is 2.22. The van der Waals surface area contributed by atoms with Crippen molar-refractivity contribution in [2.75, 3.05) is 33.0 Å². The third-order valence-electron chi connectivity index (χ3n) is 3.34. The van der Waals surface area contributed by atoms with Crippen LogP contribution >= 0.6 is 23.2 Å². The van der Waals surface area contributed by atoms with Crippen LogP contribution < -0.4 is 5.32 Å². The molecule has 0 aliphatic carbocycles. The summed E-state index contributed by atoms with van der Waals surface area (Å²) < 4.78 is 0. The summed E-state index contributed by atoms with van der Waals surface area (Å²) in [6, 6.07) is 2.04. The number of urea groups is 1. The maximum absolute atomic E-state index is 12.5. The lowest BCUT2D eigenvalue weighted by Gasteiger charge is -2.30. The SMILES string of the molecule is CN(C)C(=O)C1CCN(C)N1C(=O)Nc1cc(Cl)nc(Cl)c1. The van der Waals surface area contributed by atoms with E-state index in [0.717, 1.165) is 0 Å². The van der Waals surface area contributed by atoms with Gasteiger partial charge in [-0.05, 0) is 18.6 Å². The molecule has 1 atom stereocenters. The van der Waals surface area contributed by atoms with Crippen LogP contribution in [0.15, 0.2) is 12.1 Å². The largest absolute Gasteiger partial charge is 0.347 e. The van der Waals surface area contributed by atoms with Crippen molar-refractivity contribution in [3.8, 4) is 0 Å². The lowest BCUT2D eigenvalue weighted by Crippen LogP contribution is -2.51. The molecule has 1 aromatic heterocycles. The summed E-state index contributed by atoms with van der Waals surface area (Å²) in [6.07, 6.45) is 0.582. The second-order valence-electron chi connectivity index (χ2n) is 5.19. The number of carbonyl (C=O) groups excluding carboxylic acids is 2. The molecule has 1 aliphatic rings. The van der Waals surface area contributed by atoms with Crippen LogP contribution in [0.3, 0.4) is 0 Å². The van der Waals surface area contributed by atoms with Crippen molar-refractivity contribution >= 4 is 40.8 Å². The summed E-state index contributed by atoms with van der Waals surface area (Å²) in [5.41, 5.74) is 0.423. The third kappa shape index (κ3) is 3.60. The molecule has 7 nitrogen and oxygen atoms in total. The first-order chi connectivity index (χ1) is 10.3. The van der Waals surface area contributed by atoms with Crippen molar-refractivity contribution in [1.82, 2.24) is 19.9 Å². The highest BCUT2D eigenvalue weighted by atomic mass is 35.5. The van der Waals surface area contributed by atoms with Gasteiger partial charge >= 0.3 is 6.03 Å². The van der Waals surface area contributed by atoms with Gasteiger partial charge in [0.2, 0.25) is 5.91 Å². The number of rotatable bonds is 2. The van der Waals surface area contributed by atoms with Crippen molar-refractivity contribution in [2.24, 2.45) is 0 Å². The van der Waals surface area contributed by atoms with E-state index in [9.17, 15) is 9.59 Å². The molecule has 1 aromatic rings. The van der Waals surface area contributed by atoms with Crippen LogP contribution in [0.1, 0.15) is 6.42 Å². The molecule has 0 saturated carbocycles. The molecule has 1 fully saturated rings. The number of amides is 3. The predicted octanol–water partition coefficient (Wildman–Crippen LogP) is 1.93. The van der Waals surface area contributed by atoms with Crippen LogP contribution in [0.2, 0.25) is 10.3 Å². The molecule has 0 radical (unpaired) electrons. The Bertz CT molecular complexity index is 576. The van der Waals surface area contributed by atoms with Gasteiger partial charge in [0.05, 0.1) is 0 Å². The number of halogens is 2. The Morgan fingerprint density at radius 3 is 2.45 bits per heavy atom. The average Bonchev–Trinajstić information content (AvgIpc) is 2.78. The van der Waals surface area contributed by atoms with Gasteiger partial charge in [0.1, 0.15) is 16.3 Å². The minimum Gasteiger partial charge on any atom is -0.347 e. The smallest absolute Gasteiger partial charge is 0.337 e. The average molecular weight is 346 g/mol. The molecule has 22 heavy (non-hydrogen) atoms. The van der Waals surface area contributed by atoms with Gasteiger partial charge in [-0.3, -0.25) is 4.79 Å². The van der Waals surface area contributed by atoms with E-state index in [4.69, 9.17) is 23.2 Å². The van der Waals surface area contributed by atoms with Crippen molar-refractivity contribution < 1.29 is 9.59 Å². The zero-order valence-corrected chi connectivity index (χ0v) is 14.0. The Morgan fingerprint density at radius 1 is 1.32 bits per heavy atom. The van der Waals surface area contributed by atoms with Crippen LogP contribution in [-0.4, -0.2) is 65.6 Å². The Labute approximate surface area is 138 Å². The molecule has 9 heteroatoms. The lowest BCUT2D eigenvalue weighted by atomic mass is 10.2. The molecule has 0 aromatic carbocycles. The van der Waals surface area contributed by atoms with Crippen molar-refractivity contribution in [1.29, 1.82) is 0 Å². The molecule has 3 amide bonds. The maximum atomic E-state index is 12.5. The molecule has 1 aliphatic heterocycles. The fourth-order valence-electron chi connectivity index (χ4n) is 2.32. The van der Waals surface area contributed by atoms with Crippen LogP contribution in [0, 0.1) is 0 Å². The minimum atomic E-state index is -0.521. The fraction of sp³-hybridized carbons (Fsp3) is 0.462. The van der Waals surface area contributed by atoms with Gasteiger partial charge in [0.25, 0.3) is 0 Å². The molecule has 2 heterocycles. The number of hydrogen-bond acceptors (Lipinski definition) is 4. The number of likely N-dealkylation sites (N-methyl/N-ethyl adjacent to an activating group) is 1. The first-order valence-corrected chi connectivity index (χ1v) is 7.40. The minimum absolute atomic E-state index is 0.120. The van der Waals surface area contributed by atoms with Crippen molar-refractivity contribution in [3.63, 3.8) is 0 Å². The van der Waals surface area contributed by atoms with E-state index in [-0.39, 0.29) is 16.2 Å². The van der Waals surface area contributed by atoms with E-state index in [2.05, 4.69) is 10.3 Å². The van der Waals surface area contributed by atoms with E-state index in [1.54, 1.807) is 26.2 Å². The van der Waals surface area contributed by atoms with Crippen LogP contribution in [0.4, 0.5) is 10.5 Å². The highest BCUT2D eigenvalue weighted by Gasteiger charge is 2.38. The van der Waals surface area contributed by atoms with E-state index in [0.29, 0.717) is 18.7 Å². The Hall–Kier alpha value is -1.57. The summed E-state index contributed by atoms with van der Waals surface area (Å²) in [5, 5.41) is 6.17. The number of nitrogens with one attached hydrogen (secondary N) is 1. The Kier molecular flexibility index (Phi) is 5.10. The monoisotopic (exact) mass is 345 g/mol. The zero-order valence-electron chi connectivity index (χ0n) is 12.5. The molecule has 120 valence electrons. The van der Waals surface area contributed by atoms with E-state index >= 15 is 0 Å². The third-order valence-corrected chi connectivity index (χ3v) is 3.72. The van der Waals surface area contributed by atoms with Crippen LogP contribution in [0.5, 0.6) is 0 Å². The standard InChI is InChI=1S/C13H17Cl2N5O2/c1-18(2)12(21)9-4-5-19(3)20(9)13(22)16-8-6-10(14)17-11(15)7-8/h6-7,9H,4-5H2,1-3H3,(H,16,17,22). The molecule has 2 rings (SSSR count). The summed E-state index contributed by atoms with van der Waals surface area (Å²) in [4.78, 5) is 30.0. The first kappa shape index (κ1) is 16.8. The molecule has 1 N–H and O–H groups in total. The molecule has 1 unspecified atom stereocenters. The Morgan fingerprint density at radius 2 is 1.91 bits per heavy atom. The maximum Gasteiger partial charge on any atom is 0.337 e. The number of hydrogen-bond donors (Lipinski definition) is 1. The van der Waals surface area contributed by atoms with Crippen LogP contribution in [0.25, 0.3) is 0 Å². The number of pyridine rings is 1. The summed E-state index contributed by atoms with van der Waals surface area (Å²) in [5.74, 6) is -0.120. The summed E-state index contributed by atoms with van der Waals surface area (Å²) >= 11 is 11.6. The lowest BCUT2D eigenvalue weighted by molar-refractivity contribution is -0.134. The van der Waals surface area contributed by atoms with Gasteiger partial charge in [-0.15, -0.1) is 0 Å². The topological polar surface area (TPSA) is 68.8 Å². The molecule has 1 saturated heterocycles. The second-order valence-corrected chi connectivity index (χ2v) is 5.97. The van der Waals surface area contributed by atoms with Gasteiger partial charge < -0.3 is 10.2 Å². The van der Waals surface area contributed by atoms with Crippen molar-refractivity contribution in [3.05, 3.63) is 22.4 Å². The van der Waals surface area contributed by atoms with Gasteiger partial charge in [0, 0.05) is 33.4 Å². The van der Waals surface area contributed by atoms with Gasteiger partial charge in [-0.2, -0.15) is 0 Å². The first-order valence-electron chi connectivity index (χ1n) is 6.65. The van der Waals surface area contributed by atoms with E-state index < -0.39 is 12.1 Å². The molecule has 0 spiro atoms. The number of hydrazine groups is 1. The summed E-state index contributed by atoms with van der Waals surface area (Å²) in [7, 11) is 5.09. The normalized spacial score (nSPS) is 18.4. The van der Waals surface area contributed by atoms with E-state index in [1.807, 2.05) is 0 Å². The molecule has 0 bridgehead atoms. The zero-order chi connectivity index (χ0) is 16.4. The van der Waals surface area contributed by atoms with Crippen LogP contribution in [-0.2, 0) is 4.79 Å². The number of nitrogens with zero attached hydrogens (tertiary/aromatic N) is 4. The van der Waals surface area contributed by atoms with Gasteiger partial charge in [-0.25, -0.2) is 19.8 Å². The second kappa shape index (κ2) is 6.68. The number of aromatic nitrogens is 1. The van der Waals surface area contributed by atoms with E-state index in [1.165, 1.54) is 22.0 Å². The van der Waals surface area contributed by atoms with Crippen molar-refractivity contribution in [2.45, 2.75) is 12.5 Å². The highest BCUT2D eigenvalue weighted by molar-refractivity contribution is 6.33. The number of anilines is 1. The number of carbonyl (C=O) groups is 2. The van der Waals surface area contributed by atoms with Gasteiger partial charge in [0.15, 0.2) is 0 Å².